The van der Waals surface area contributed by atoms with Crippen molar-refractivity contribution >= 4 is 17.6 Å². The van der Waals surface area contributed by atoms with Crippen LogP contribution in [0.15, 0.2) is 71.9 Å². The van der Waals surface area contributed by atoms with Gasteiger partial charge in [0.2, 0.25) is 5.82 Å². The van der Waals surface area contributed by atoms with Crippen LogP contribution in [0.25, 0.3) is 0 Å². The SMILES string of the molecule is Cn1nnnc1/C(=N\OCc1cccc(NC(=O)OC(C)(C)C)n1)c1ccccc1Oc1cccc(F)c1. The zero-order chi connectivity index (χ0) is 27.1. The lowest BCUT2D eigenvalue weighted by Gasteiger charge is -2.19. The topological polar surface area (TPSA) is 126 Å². The highest BCUT2D eigenvalue weighted by Gasteiger charge is 2.20. The van der Waals surface area contributed by atoms with E-state index in [1.807, 2.05) is 0 Å². The quantitative estimate of drug-likeness (QED) is 0.259. The number of carbonyl (C=O) groups is 1. The summed E-state index contributed by atoms with van der Waals surface area (Å²) in [5.74, 6) is 0.896. The molecule has 11 nitrogen and oxygen atoms in total. The van der Waals surface area contributed by atoms with Gasteiger partial charge in [0.25, 0.3) is 0 Å². The van der Waals surface area contributed by atoms with Gasteiger partial charge in [-0.3, -0.25) is 5.32 Å². The molecule has 1 amide bonds. The Hall–Kier alpha value is -4.87. The Morgan fingerprint density at radius 1 is 1.08 bits per heavy atom. The number of hydrogen-bond acceptors (Lipinski definition) is 9. The van der Waals surface area contributed by atoms with E-state index in [1.165, 1.54) is 16.8 Å². The highest BCUT2D eigenvalue weighted by atomic mass is 19.1. The average molecular weight is 520 g/mol. The fourth-order valence-corrected chi connectivity index (χ4v) is 3.25. The van der Waals surface area contributed by atoms with Crippen LogP contribution >= 0.6 is 0 Å². The van der Waals surface area contributed by atoms with Crippen LogP contribution in [0.4, 0.5) is 15.0 Å². The Kier molecular flexibility index (Phi) is 7.90. The van der Waals surface area contributed by atoms with Gasteiger partial charge >= 0.3 is 6.09 Å². The second kappa shape index (κ2) is 11.5. The molecule has 0 fully saturated rings. The molecule has 0 unspecified atom stereocenters. The van der Waals surface area contributed by atoms with Gasteiger partial charge in [-0.2, -0.15) is 0 Å². The smallest absolute Gasteiger partial charge is 0.413 e. The summed E-state index contributed by atoms with van der Waals surface area (Å²) >= 11 is 0. The summed E-state index contributed by atoms with van der Waals surface area (Å²) < 4.78 is 26.4. The lowest BCUT2D eigenvalue weighted by atomic mass is 10.1. The van der Waals surface area contributed by atoms with Gasteiger partial charge in [-0.1, -0.05) is 29.4 Å². The van der Waals surface area contributed by atoms with Crippen LogP contribution in [0.1, 0.15) is 37.9 Å². The molecule has 2 aromatic carbocycles. The third-order valence-corrected chi connectivity index (χ3v) is 4.80. The zero-order valence-corrected chi connectivity index (χ0v) is 21.3. The van der Waals surface area contributed by atoms with E-state index in [9.17, 15) is 9.18 Å². The zero-order valence-electron chi connectivity index (χ0n) is 21.3. The first-order chi connectivity index (χ1) is 18.2. The van der Waals surface area contributed by atoms with Crippen molar-refractivity contribution in [2.24, 2.45) is 12.2 Å². The number of oxime groups is 1. The van der Waals surface area contributed by atoms with Gasteiger partial charge in [0, 0.05) is 13.1 Å². The highest BCUT2D eigenvalue weighted by Crippen LogP contribution is 2.27. The fraction of sp³-hybridized carbons (Fsp3) is 0.231. The molecule has 196 valence electrons. The Balaban J connectivity index is 1.57. The van der Waals surface area contributed by atoms with Gasteiger partial charge in [-0.15, -0.1) is 5.10 Å². The number of benzene rings is 2. The number of aryl methyl sites for hydroxylation is 1. The van der Waals surface area contributed by atoms with E-state index in [2.05, 4.69) is 31.0 Å². The van der Waals surface area contributed by atoms with Gasteiger partial charge in [0.05, 0.1) is 11.3 Å². The Bertz CT molecular complexity index is 1450. The summed E-state index contributed by atoms with van der Waals surface area (Å²) in [6.45, 7) is 5.29. The number of tetrazole rings is 1. The van der Waals surface area contributed by atoms with Crippen LogP contribution < -0.4 is 10.1 Å². The molecular weight excluding hydrogens is 493 g/mol. The standard InChI is InChI=1S/C26H26FN7O4/c1-26(2,3)38-25(35)29-22-14-8-10-18(28-22)16-36-31-23(24-30-32-33-34(24)4)20-12-5-6-13-21(20)37-19-11-7-9-17(27)15-19/h5-15H,16H2,1-4H3,(H,28,29,35)/b31-23-. The summed E-state index contributed by atoms with van der Waals surface area (Å²) in [5.41, 5.74) is 0.664. The molecule has 0 aliphatic rings. The second-order valence-corrected chi connectivity index (χ2v) is 9.04. The number of hydrogen-bond donors (Lipinski definition) is 1. The number of halogens is 1. The van der Waals surface area contributed by atoms with Crippen LogP contribution in [-0.2, 0) is 23.2 Å². The molecule has 0 spiro atoms. The summed E-state index contributed by atoms with van der Waals surface area (Å²) in [6, 6.07) is 17.9. The molecule has 0 atom stereocenters. The van der Waals surface area contributed by atoms with E-state index in [4.69, 9.17) is 14.3 Å². The molecule has 1 N–H and O–H groups in total. The summed E-state index contributed by atoms with van der Waals surface area (Å²) in [6.07, 6.45) is -0.618. The number of amides is 1. The number of nitrogens with one attached hydrogen (secondary N) is 1. The average Bonchev–Trinajstić information content (AvgIpc) is 3.27. The van der Waals surface area contributed by atoms with Crippen molar-refractivity contribution in [1.82, 2.24) is 25.2 Å². The molecule has 0 saturated carbocycles. The third-order valence-electron chi connectivity index (χ3n) is 4.80. The Labute approximate surface area is 218 Å². The lowest BCUT2D eigenvalue weighted by Crippen LogP contribution is -2.27. The van der Waals surface area contributed by atoms with Crippen LogP contribution in [0, 0.1) is 5.82 Å². The number of nitrogens with zero attached hydrogens (tertiary/aromatic N) is 6. The first-order valence-corrected chi connectivity index (χ1v) is 11.6. The van der Waals surface area contributed by atoms with Crippen molar-refractivity contribution in [2.45, 2.75) is 33.0 Å². The lowest BCUT2D eigenvalue weighted by molar-refractivity contribution is 0.0635. The Morgan fingerprint density at radius 2 is 1.87 bits per heavy atom. The maximum Gasteiger partial charge on any atom is 0.413 e. The van der Waals surface area contributed by atoms with E-state index in [1.54, 1.807) is 82.4 Å². The van der Waals surface area contributed by atoms with Crippen molar-refractivity contribution in [3.8, 4) is 11.5 Å². The van der Waals surface area contributed by atoms with Gasteiger partial charge in [0.1, 0.15) is 28.7 Å². The monoisotopic (exact) mass is 519 g/mol. The van der Waals surface area contributed by atoms with E-state index in [0.717, 1.165) is 0 Å². The molecule has 2 heterocycles. The van der Waals surface area contributed by atoms with Crippen LogP contribution in [-0.4, -0.2) is 42.6 Å². The van der Waals surface area contributed by atoms with Gasteiger partial charge in [0.15, 0.2) is 12.3 Å². The van der Waals surface area contributed by atoms with Crippen molar-refractivity contribution < 1.29 is 23.5 Å². The predicted octanol–water partition coefficient (Wildman–Crippen LogP) is 4.85. The van der Waals surface area contributed by atoms with Gasteiger partial charge in [-0.25, -0.2) is 18.9 Å². The van der Waals surface area contributed by atoms with E-state index >= 15 is 0 Å². The minimum atomic E-state index is -0.640. The third kappa shape index (κ3) is 7.09. The van der Waals surface area contributed by atoms with Crippen molar-refractivity contribution in [3.63, 3.8) is 0 Å². The molecule has 12 heteroatoms. The van der Waals surface area contributed by atoms with Crippen LogP contribution in [0.3, 0.4) is 0 Å². The van der Waals surface area contributed by atoms with Crippen molar-refractivity contribution in [2.75, 3.05) is 5.32 Å². The number of carbonyl (C=O) groups excluding carboxylic acids is 1. The number of ether oxygens (including phenoxy) is 2. The highest BCUT2D eigenvalue weighted by molar-refractivity contribution is 6.12. The summed E-state index contributed by atoms with van der Waals surface area (Å²) in [5, 5.41) is 18.5. The van der Waals surface area contributed by atoms with Crippen molar-refractivity contribution in [1.29, 1.82) is 0 Å². The van der Waals surface area contributed by atoms with E-state index < -0.39 is 17.5 Å². The van der Waals surface area contributed by atoms with Gasteiger partial charge < -0.3 is 14.3 Å². The Morgan fingerprint density at radius 3 is 2.61 bits per heavy atom. The minimum absolute atomic E-state index is 0.0223. The normalized spacial score (nSPS) is 11.7. The maximum atomic E-state index is 13.7. The molecule has 0 bridgehead atoms. The molecule has 0 saturated heterocycles. The predicted molar refractivity (Wildman–Crippen MR) is 136 cm³/mol. The second-order valence-electron chi connectivity index (χ2n) is 9.04. The van der Waals surface area contributed by atoms with Crippen LogP contribution in [0.2, 0.25) is 0 Å². The molecule has 0 aliphatic heterocycles. The molecule has 38 heavy (non-hydrogen) atoms. The molecule has 0 radical (unpaired) electrons. The molecular formula is C26H26FN7O4. The first-order valence-electron chi connectivity index (χ1n) is 11.6. The fourth-order valence-electron chi connectivity index (χ4n) is 3.25. The molecule has 0 aliphatic carbocycles. The number of anilines is 1. The number of para-hydroxylation sites is 1. The van der Waals surface area contributed by atoms with Gasteiger partial charge in [-0.05, 0) is 67.6 Å². The van der Waals surface area contributed by atoms with E-state index in [0.29, 0.717) is 34.4 Å². The summed E-state index contributed by atoms with van der Waals surface area (Å²) in [7, 11) is 1.66. The van der Waals surface area contributed by atoms with Crippen molar-refractivity contribution in [3.05, 3.63) is 89.6 Å². The number of pyridine rings is 1. The van der Waals surface area contributed by atoms with Crippen LogP contribution in [0.5, 0.6) is 11.5 Å². The summed E-state index contributed by atoms with van der Waals surface area (Å²) in [4.78, 5) is 22.1. The minimum Gasteiger partial charge on any atom is -0.457 e. The maximum absolute atomic E-state index is 13.7. The molecule has 4 aromatic rings. The number of rotatable bonds is 8. The molecule has 2 aromatic heterocycles. The largest absolute Gasteiger partial charge is 0.457 e. The first kappa shape index (κ1) is 26.2. The molecule has 4 rings (SSSR count). The number of aromatic nitrogens is 5. The van der Waals surface area contributed by atoms with E-state index in [-0.39, 0.29) is 12.3 Å².